The first-order chi connectivity index (χ1) is 16.7. The number of aliphatic hydroxyl groups excluding tert-OH is 1. The number of hydrogen-bond acceptors (Lipinski definition) is 10. The Morgan fingerprint density at radius 2 is 1.86 bits per heavy atom. The van der Waals surface area contributed by atoms with Crippen LogP contribution in [0.1, 0.15) is 21.8 Å². The molecule has 3 aliphatic carbocycles. The van der Waals surface area contributed by atoms with Crippen molar-refractivity contribution in [3.8, 4) is 28.7 Å². The van der Waals surface area contributed by atoms with Gasteiger partial charge < -0.3 is 39.7 Å². The van der Waals surface area contributed by atoms with Gasteiger partial charge in [-0.2, -0.15) is 0 Å². The van der Waals surface area contributed by atoms with Crippen molar-refractivity contribution in [3.05, 3.63) is 53.1 Å². The maximum absolute atomic E-state index is 13.3. The molecular formula is C25H22O10. The van der Waals surface area contributed by atoms with Gasteiger partial charge in [-0.05, 0) is 23.3 Å². The Kier molecular flexibility index (Phi) is 4.51. The fraction of sp³-hybridized carbons (Fsp3) is 0.360. The molecule has 7 atom stereocenters. The molecule has 7 rings (SSSR count). The van der Waals surface area contributed by atoms with Crippen LogP contribution in [0, 0.1) is 17.8 Å². The van der Waals surface area contributed by atoms with Gasteiger partial charge >= 0.3 is 0 Å². The van der Waals surface area contributed by atoms with Crippen molar-refractivity contribution in [2.24, 2.45) is 17.8 Å². The second-order valence-corrected chi connectivity index (χ2v) is 9.35. The van der Waals surface area contributed by atoms with E-state index in [4.69, 9.17) is 14.2 Å². The molecule has 35 heavy (non-hydrogen) atoms. The van der Waals surface area contributed by atoms with Crippen molar-refractivity contribution in [2.75, 3.05) is 13.7 Å². The van der Waals surface area contributed by atoms with E-state index in [1.165, 1.54) is 13.2 Å². The number of phenols is 3. The van der Waals surface area contributed by atoms with Gasteiger partial charge in [-0.3, -0.25) is 9.59 Å². The van der Waals surface area contributed by atoms with Crippen LogP contribution in [-0.4, -0.2) is 68.8 Å². The molecule has 2 aromatic carbocycles. The zero-order chi connectivity index (χ0) is 24.8. The summed E-state index contributed by atoms with van der Waals surface area (Å²) < 4.78 is 16.7. The Hall–Kier alpha value is -3.60. The standard InChI is InChI=1S/C25H22O10/c1-33-16-4-9(2-3-14(16)27)18-11-7-12(20-13(18)8-34-25(20,32)24(11)31)23-22(30)21(29)19-15(28)5-10(26)6-17(19)35-23/h2-7,11,13,18,20,22-23,26-28,30,32H,8H2,1H3/t11-,13?,18+,20+,22+,23-,25-/m1/s1. The van der Waals surface area contributed by atoms with E-state index in [9.17, 15) is 35.1 Å². The van der Waals surface area contributed by atoms with Gasteiger partial charge in [0.1, 0.15) is 22.8 Å². The number of allylic oxidation sites excluding steroid dienone is 1. The topological polar surface area (TPSA) is 163 Å². The number of phenolic OH excluding ortho intramolecular Hbond substituents is 3. The number of ketones is 2. The molecule has 0 amide bonds. The SMILES string of the molecule is COc1cc([C@@H]2C3CO[C@@]4(O)C(=O)[C@@H]2C=C([C@H]2Oc5cc(O)cc(O)c5C(=O)[C@@H]2O)[C@@H]34)ccc1O. The van der Waals surface area contributed by atoms with E-state index < -0.39 is 59.0 Å². The van der Waals surface area contributed by atoms with E-state index in [0.717, 1.165) is 12.1 Å². The van der Waals surface area contributed by atoms with Gasteiger partial charge in [0.15, 0.2) is 29.5 Å². The molecule has 2 fully saturated rings. The molecule has 5 aliphatic rings. The molecule has 0 spiro atoms. The molecule has 2 aliphatic heterocycles. The largest absolute Gasteiger partial charge is 0.508 e. The second-order valence-electron chi connectivity index (χ2n) is 9.35. The van der Waals surface area contributed by atoms with Gasteiger partial charge in [-0.15, -0.1) is 0 Å². The minimum Gasteiger partial charge on any atom is -0.508 e. The summed E-state index contributed by atoms with van der Waals surface area (Å²) in [5.74, 6) is -6.84. The third-order valence-electron chi connectivity index (χ3n) is 7.62. The van der Waals surface area contributed by atoms with Crippen molar-refractivity contribution in [3.63, 3.8) is 0 Å². The van der Waals surface area contributed by atoms with E-state index in [1.54, 1.807) is 18.2 Å². The van der Waals surface area contributed by atoms with Gasteiger partial charge in [0.25, 0.3) is 0 Å². The molecule has 10 nitrogen and oxygen atoms in total. The molecule has 0 radical (unpaired) electrons. The predicted octanol–water partition coefficient (Wildman–Crippen LogP) is 0.990. The minimum absolute atomic E-state index is 0.0452. The molecule has 2 heterocycles. The quantitative estimate of drug-likeness (QED) is 0.399. The lowest BCUT2D eigenvalue weighted by molar-refractivity contribution is -0.206. The Bertz CT molecular complexity index is 1320. The molecule has 1 unspecified atom stereocenters. The number of hydrogen-bond donors (Lipinski definition) is 5. The number of benzene rings is 2. The molecule has 2 aromatic rings. The second kappa shape index (κ2) is 7.20. The first-order valence-corrected chi connectivity index (χ1v) is 11.1. The maximum Gasteiger partial charge on any atom is 0.234 e. The van der Waals surface area contributed by atoms with Crippen LogP contribution in [0.3, 0.4) is 0 Å². The zero-order valence-electron chi connectivity index (χ0n) is 18.4. The van der Waals surface area contributed by atoms with Crippen molar-refractivity contribution in [2.45, 2.75) is 23.9 Å². The molecule has 4 bridgehead atoms. The van der Waals surface area contributed by atoms with Crippen LogP contribution in [0.2, 0.25) is 0 Å². The Balaban J connectivity index is 1.46. The predicted molar refractivity (Wildman–Crippen MR) is 116 cm³/mol. The van der Waals surface area contributed by atoms with Gasteiger partial charge in [0.05, 0.1) is 19.6 Å². The smallest absolute Gasteiger partial charge is 0.234 e. The van der Waals surface area contributed by atoms with Crippen LogP contribution in [0.15, 0.2) is 42.0 Å². The van der Waals surface area contributed by atoms with Crippen LogP contribution >= 0.6 is 0 Å². The van der Waals surface area contributed by atoms with Crippen molar-refractivity contribution >= 4 is 11.6 Å². The third kappa shape index (κ3) is 2.81. The number of carbonyl (C=O) groups is 2. The summed E-state index contributed by atoms with van der Waals surface area (Å²) in [5, 5.41) is 52.0. The number of fused-ring (bicyclic) bond motifs is 1. The highest BCUT2D eigenvalue weighted by Gasteiger charge is 2.69. The van der Waals surface area contributed by atoms with Crippen LogP contribution in [-0.2, 0) is 9.53 Å². The first kappa shape index (κ1) is 21.9. The van der Waals surface area contributed by atoms with Crippen molar-refractivity contribution in [1.82, 2.24) is 0 Å². The van der Waals surface area contributed by atoms with E-state index in [-0.39, 0.29) is 35.2 Å². The number of ether oxygens (including phenoxy) is 3. The Labute approximate surface area is 198 Å². The summed E-state index contributed by atoms with van der Waals surface area (Å²) >= 11 is 0. The number of aromatic hydroxyl groups is 3. The minimum atomic E-state index is -2.13. The number of methoxy groups -OCH3 is 1. The molecule has 182 valence electrons. The molecule has 1 saturated heterocycles. The number of Topliss-reactive ketones (excluding diaryl/α,β-unsaturated/α-hetero) is 2. The van der Waals surface area contributed by atoms with E-state index in [2.05, 4.69) is 0 Å². The van der Waals surface area contributed by atoms with Crippen LogP contribution < -0.4 is 9.47 Å². The molecular weight excluding hydrogens is 460 g/mol. The van der Waals surface area contributed by atoms with Crippen molar-refractivity contribution in [1.29, 1.82) is 0 Å². The van der Waals surface area contributed by atoms with Crippen LogP contribution in [0.5, 0.6) is 28.7 Å². The monoisotopic (exact) mass is 482 g/mol. The average Bonchev–Trinajstić information content (AvgIpc) is 3.14. The maximum atomic E-state index is 13.3. The van der Waals surface area contributed by atoms with Gasteiger partial charge in [0, 0.05) is 29.9 Å². The third-order valence-corrected chi connectivity index (χ3v) is 7.62. The number of aliphatic hydroxyl groups is 2. The number of rotatable bonds is 3. The molecule has 1 saturated carbocycles. The average molecular weight is 482 g/mol. The highest BCUT2D eigenvalue weighted by molar-refractivity contribution is 6.06. The lowest BCUT2D eigenvalue weighted by atomic mass is 9.55. The lowest BCUT2D eigenvalue weighted by Gasteiger charge is -2.50. The van der Waals surface area contributed by atoms with Gasteiger partial charge in [0.2, 0.25) is 11.6 Å². The summed E-state index contributed by atoms with van der Waals surface area (Å²) in [7, 11) is 1.42. The van der Waals surface area contributed by atoms with Crippen molar-refractivity contribution < 1.29 is 49.3 Å². The van der Waals surface area contributed by atoms with Gasteiger partial charge in [-0.25, -0.2) is 0 Å². The lowest BCUT2D eigenvalue weighted by Crippen LogP contribution is -2.60. The normalized spacial score (nSPS) is 34.9. The summed E-state index contributed by atoms with van der Waals surface area (Å²) in [6.07, 6.45) is -1.37. The van der Waals surface area contributed by atoms with Crippen LogP contribution in [0.4, 0.5) is 0 Å². The fourth-order valence-corrected chi connectivity index (χ4v) is 6.16. The molecule has 5 N–H and O–H groups in total. The molecule has 10 heteroatoms. The van der Waals surface area contributed by atoms with E-state index >= 15 is 0 Å². The first-order valence-electron chi connectivity index (χ1n) is 11.1. The Morgan fingerprint density at radius 3 is 2.60 bits per heavy atom. The van der Waals surface area contributed by atoms with Crippen LogP contribution in [0.25, 0.3) is 0 Å². The molecule has 0 aromatic heterocycles. The zero-order valence-corrected chi connectivity index (χ0v) is 18.4. The summed E-state index contributed by atoms with van der Waals surface area (Å²) in [4.78, 5) is 26.2. The fourth-order valence-electron chi connectivity index (χ4n) is 6.16. The number of carbonyl (C=O) groups excluding carboxylic acids is 2. The summed E-state index contributed by atoms with van der Waals surface area (Å²) in [6, 6.07) is 6.91. The summed E-state index contributed by atoms with van der Waals surface area (Å²) in [5.41, 5.74) is 0.796. The Morgan fingerprint density at radius 1 is 1.09 bits per heavy atom. The summed E-state index contributed by atoms with van der Waals surface area (Å²) in [6.45, 7) is 0.0452. The highest BCUT2D eigenvalue weighted by atomic mass is 16.6. The van der Waals surface area contributed by atoms with Gasteiger partial charge in [-0.1, -0.05) is 12.1 Å². The highest BCUT2D eigenvalue weighted by Crippen LogP contribution is 2.61. The van der Waals surface area contributed by atoms with E-state index in [0.29, 0.717) is 11.1 Å². The van der Waals surface area contributed by atoms with E-state index in [1.807, 2.05) is 0 Å².